The molecule has 3 rings (SSSR count). The number of anilines is 1. The lowest BCUT2D eigenvalue weighted by Gasteiger charge is -2.10. The maximum Gasteiger partial charge on any atom is 0.236 e. The van der Waals surface area contributed by atoms with Crippen LogP contribution in [0.4, 0.5) is 5.69 Å². The number of hydrogen-bond acceptors (Lipinski definition) is 3. The van der Waals surface area contributed by atoms with Crippen molar-refractivity contribution in [3.8, 4) is 11.4 Å². The van der Waals surface area contributed by atoms with Crippen LogP contribution in [0.25, 0.3) is 11.4 Å². The van der Waals surface area contributed by atoms with E-state index in [9.17, 15) is 8.42 Å². The van der Waals surface area contributed by atoms with Crippen molar-refractivity contribution in [1.82, 2.24) is 9.55 Å². The first-order chi connectivity index (χ1) is 11.8. The Morgan fingerprint density at radius 3 is 2.60 bits per heavy atom. The van der Waals surface area contributed by atoms with Gasteiger partial charge in [0.05, 0.1) is 15.8 Å². The summed E-state index contributed by atoms with van der Waals surface area (Å²) in [4.78, 5) is 4.27. The third-order valence-corrected chi connectivity index (χ3v) is 5.56. The summed E-state index contributed by atoms with van der Waals surface area (Å²) in [5.41, 5.74) is 1.85. The topological polar surface area (TPSA) is 64.0 Å². The minimum Gasteiger partial charge on any atom is -0.334 e. The Bertz CT molecular complexity index is 1020. The van der Waals surface area contributed by atoms with Crippen LogP contribution in [0.15, 0.2) is 54.9 Å². The Balaban J connectivity index is 1.81. The Kier molecular flexibility index (Phi) is 5.03. The van der Waals surface area contributed by atoms with Gasteiger partial charge < -0.3 is 4.57 Å². The molecule has 3 aromatic rings. The summed E-state index contributed by atoms with van der Waals surface area (Å²) in [5.74, 6) is 0.557. The van der Waals surface area contributed by atoms with E-state index in [0.29, 0.717) is 21.3 Å². The number of aryl methyl sites for hydroxylation is 1. The highest BCUT2D eigenvalue weighted by Crippen LogP contribution is 2.25. The molecular weight excluding hydrogens is 381 g/mol. The van der Waals surface area contributed by atoms with Crippen LogP contribution in [0.1, 0.15) is 5.56 Å². The van der Waals surface area contributed by atoms with E-state index in [4.69, 9.17) is 23.2 Å². The van der Waals surface area contributed by atoms with Gasteiger partial charge in [-0.25, -0.2) is 13.4 Å². The lowest BCUT2D eigenvalue weighted by atomic mass is 10.2. The van der Waals surface area contributed by atoms with Gasteiger partial charge in [-0.15, -0.1) is 0 Å². The number of nitrogens with one attached hydrogen (secondary N) is 1. The fraction of sp³-hybridized carbons (Fsp3) is 0.118. The number of hydrogen-bond donors (Lipinski definition) is 1. The predicted octanol–water partition coefficient (Wildman–Crippen LogP) is 4.34. The van der Waals surface area contributed by atoms with Gasteiger partial charge in [-0.1, -0.05) is 41.4 Å². The molecule has 0 atom stereocenters. The lowest BCUT2D eigenvalue weighted by Crippen LogP contribution is -2.15. The molecule has 25 heavy (non-hydrogen) atoms. The second-order valence-corrected chi connectivity index (χ2v) is 8.09. The van der Waals surface area contributed by atoms with E-state index in [2.05, 4.69) is 9.71 Å². The summed E-state index contributed by atoms with van der Waals surface area (Å²) >= 11 is 11.8. The minimum atomic E-state index is -3.59. The number of sulfonamides is 1. The van der Waals surface area contributed by atoms with Crippen LogP contribution in [0.2, 0.25) is 10.0 Å². The molecule has 0 unspecified atom stereocenters. The van der Waals surface area contributed by atoms with Gasteiger partial charge in [-0.05, 0) is 29.8 Å². The van der Waals surface area contributed by atoms with E-state index in [1.807, 2.05) is 23.9 Å². The SMILES string of the molecule is Cn1ccnc1-c1cccc(NS(=O)(=O)Cc2ccc(Cl)c(Cl)c2)c1. The maximum atomic E-state index is 12.4. The fourth-order valence-corrected chi connectivity index (χ4v) is 3.93. The number of imidazole rings is 1. The molecule has 1 aromatic heterocycles. The molecule has 0 aliphatic heterocycles. The van der Waals surface area contributed by atoms with Crippen molar-refractivity contribution in [2.24, 2.45) is 7.05 Å². The highest BCUT2D eigenvalue weighted by atomic mass is 35.5. The van der Waals surface area contributed by atoms with Crippen LogP contribution in [0.3, 0.4) is 0 Å². The summed E-state index contributed by atoms with van der Waals surface area (Å²) in [6, 6.07) is 11.9. The summed E-state index contributed by atoms with van der Waals surface area (Å²) in [7, 11) is -1.71. The van der Waals surface area contributed by atoms with Crippen molar-refractivity contribution in [1.29, 1.82) is 0 Å². The monoisotopic (exact) mass is 395 g/mol. The van der Waals surface area contributed by atoms with Crippen LogP contribution in [0.5, 0.6) is 0 Å². The molecule has 1 heterocycles. The van der Waals surface area contributed by atoms with Crippen molar-refractivity contribution >= 4 is 38.9 Å². The van der Waals surface area contributed by atoms with Crippen LogP contribution >= 0.6 is 23.2 Å². The van der Waals surface area contributed by atoms with Gasteiger partial charge in [0, 0.05) is 30.7 Å². The largest absolute Gasteiger partial charge is 0.334 e. The van der Waals surface area contributed by atoms with E-state index in [-0.39, 0.29) is 5.75 Å². The van der Waals surface area contributed by atoms with Crippen LogP contribution in [-0.2, 0) is 22.8 Å². The average molecular weight is 396 g/mol. The van der Waals surface area contributed by atoms with Crippen molar-refractivity contribution in [2.75, 3.05) is 4.72 Å². The van der Waals surface area contributed by atoms with Gasteiger partial charge in [0.25, 0.3) is 0 Å². The molecule has 2 aromatic carbocycles. The van der Waals surface area contributed by atoms with Gasteiger partial charge >= 0.3 is 0 Å². The molecule has 8 heteroatoms. The predicted molar refractivity (Wildman–Crippen MR) is 101 cm³/mol. The summed E-state index contributed by atoms with van der Waals surface area (Å²) in [6.07, 6.45) is 3.52. The van der Waals surface area contributed by atoms with Gasteiger partial charge in [-0.2, -0.15) is 0 Å². The zero-order chi connectivity index (χ0) is 18.0. The molecule has 0 saturated carbocycles. The van der Waals surface area contributed by atoms with Crippen LogP contribution in [-0.4, -0.2) is 18.0 Å². The van der Waals surface area contributed by atoms with Crippen molar-refractivity contribution in [3.05, 3.63) is 70.5 Å². The van der Waals surface area contributed by atoms with Crippen molar-refractivity contribution < 1.29 is 8.42 Å². The normalized spacial score (nSPS) is 11.5. The molecule has 0 bridgehead atoms. The number of halogens is 2. The Morgan fingerprint density at radius 1 is 1.12 bits per heavy atom. The fourth-order valence-electron chi connectivity index (χ4n) is 2.43. The zero-order valence-corrected chi connectivity index (χ0v) is 15.6. The molecular formula is C17H15Cl2N3O2S. The Hall–Kier alpha value is -2.02. The molecule has 1 N–H and O–H groups in total. The molecule has 0 spiro atoms. The van der Waals surface area contributed by atoms with Crippen molar-refractivity contribution in [2.45, 2.75) is 5.75 Å². The summed E-state index contributed by atoms with van der Waals surface area (Å²) in [5, 5.41) is 0.713. The quantitative estimate of drug-likeness (QED) is 0.698. The van der Waals surface area contributed by atoms with Gasteiger partial charge in [-0.3, -0.25) is 4.72 Å². The van der Waals surface area contributed by atoms with Gasteiger partial charge in [0.2, 0.25) is 10.0 Å². The number of benzene rings is 2. The van der Waals surface area contributed by atoms with E-state index < -0.39 is 10.0 Å². The highest BCUT2D eigenvalue weighted by Gasteiger charge is 2.14. The third-order valence-electron chi connectivity index (χ3n) is 3.56. The highest BCUT2D eigenvalue weighted by molar-refractivity contribution is 7.91. The minimum absolute atomic E-state index is 0.198. The molecule has 0 aliphatic carbocycles. The second-order valence-electron chi connectivity index (χ2n) is 5.55. The summed E-state index contributed by atoms with van der Waals surface area (Å²) in [6.45, 7) is 0. The first-order valence-electron chi connectivity index (χ1n) is 7.36. The number of aromatic nitrogens is 2. The standard InChI is InChI=1S/C17H15Cl2N3O2S/c1-22-8-7-20-17(22)13-3-2-4-14(10-13)21-25(23,24)11-12-5-6-15(18)16(19)9-12/h2-10,21H,11H2,1H3. The summed E-state index contributed by atoms with van der Waals surface area (Å²) < 4.78 is 29.3. The first kappa shape index (κ1) is 17.8. The van der Waals surface area contributed by atoms with Crippen LogP contribution in [0, 0.1) is 0 Å². The molecule has 0 amide bonds. The molecule has 0 fully saturated rings. The second kappa shape index (κ2) is 7.07. The Morgan fingerprint density at radius 2 is 1.92 bits per heavy atom. The maximum absolute atomic E-state index is 12.4. The molecule has 130 valence electrons. The van der Waals surface area contributed by atoms with Crippen molar-refractivity contribution in [3.63, 3.8) is 0 Å². The number of rotatable bonds is 5. The smallest absolute Gasteiger partial charge is 0.236 e. The number of nitrogens with zero attached hydrogens (tertiary/aromatic N) is 2. The van der Waals surface area contributed by atoms with Gasteiger partial charge in [0.1, 0.15) is 5.82 Å². The van der Waals surface area contributed by atoms with E-state index in [1.165, 1.54) is 0 Å². The molecule has 0 saturated heterocycles. The lowest BCUT2D eigenvalue weighted by molar-refractivity contribution is 0.600. The van der Waals surface area contributed by atoms with E-state index in [0.717, 1.165) is 11.4 Å². The Labute approximate surface area is 156 Å². The van der Waals surface area contributed by atoms with Crippen LogP contribution < -0.4 is 4.72 Å². The third kappa shape index (κ3) is 4.34. The average Bonchev–Trinajstić information content (AvgIpc) is 2.96. The molecule has 0 radical (unpaired) electrons. The zero-order valence-electron chi connectivity index (χ0n) is 13.3. The van der Waals surface area contributed by atoms with E-state index in [1.54, 1.807) is 42.6 Å². The first-order valence-corrected chi connectivity index (χ1v) is 9.77. The van der Waals surface area contributed by atoms with E-state index >= 15 is 0 Å². The molecule has 0 aliphatic rings. The molecule has 5 nitrogen and oxygen atoms in total. The van der Waals surface area contributed by atoms with Gasteiger partial charge in [0.15, 0.2) is 0 Å².